The molecule has 106 valence electrons. The minimum Gasteiger partial charge on any atom is -0.314 e. The van der Waals surface area contributed by atoms with Gasteiger partial charge in [-0.05, 0) is 50.4 Å². The van der Waals surface area contributed by atoms with Crippen molar-refractivity contribution in [1.82, 2.24) is 15.1 Å². The van der Waals surface area contributed by atoms with Crippen LogP contribution in [0.2, 0.25) is 0 Å². The van der Waals surface area contributed by atoms with Gasteiger partial charge in [-0.2, -0.15) is 5.10 Å². The zero-order valence-corrected chi connectivity index (χ0v) is 12.1. The Morgan fingerprint density at radius 1 is 1.20 bits per heavy atom. The first-order valence-corrected chi connectivity index (χ1v) is 7.71. The zero-order valence-electron chi connectivity index (χ0n) is 12.1. The summed E-state index contributed by atoms with van der Waals surface area (Å²) >= 11 is 0. The van der Waals surface area contributed by atoms with Crippen molar-refractivity contribution in [3.8, 4) is 5.69 Å². The van der Waals surface area contributed by atoms with E-state index in [0.29, 0.717) is 12.0 Å². The molecule has 1 heterocycles. The van der Waals surface area contributed by atoms with Crippen LogP contribution in [0.25, 0.3) is 5.69 Å². The molecule has 0 radical (unpaired) electrons. The molecule has 1 saturated carbocycles. The van der Waals surface area contributed by atoms with E-state index < -0.39 is 0 Å². The fraction of sp³-hybridized carbons (Fsp3) is 0.471. The molecule has 3 heteroatoms. The summed E-state index contributed by atoms with van der Waals surface area (Å²) in [4.78, 5) is 0. The van der Waals surface area contributed by atoms with E-state index in [1.807, 2.05) is 12.3 Å². The molecule has 1 fully saturated rings. The fourth-order valence-corrected chi connectivity index (χ4v) is 3.19. The Morgan fingerprint density at radius 2 is 2.05 bits per heavy atom. The van der Waals surface area contributed by atoms with Crippen LogP contribution in [0.3, 0.4) is 0 Å². The van der Waals surface area contributed by atoms with Gasteiger partial charge in [0, 0.05) is 23.9 Å². The zero-order chi connectivity index (χ0) is 13.8. The number of nitrogens with one attached hydrogen (secondary N) is 1. The van der Waals surface area contributed by atoms with Gasteiger partial charge in [-0.3, -0.25) is 0 Å². The molecule has 2 aromatic rings. The van der Waals surface area contributed by atoms with E-state index in [0.717, 1.165) is 12.2 Å². The molecule has 0 bridgehead atoms. The Kier molecular flexibility index (Phi) is 4.16. The summed E-state index contributed by atoms with van der Waals surface area (Å²) in [6.45, 7) is 3.36. The minimum absolute atomic E-state index is 0.632. The van der Waals surface area contributed by atoms with Gasteiger partial charge in [0.2, 0.25) is 0 Å². The minimum atomic E-state index is 0.632. The number of para-hydroxylation sites is 1. The van der Waals surface area contributed by atoms with E-state index in [2.05, 4.69) is 52.4 Å². The average Bonchev–Trinajstić information content (AvgIpc) is 3.14. The average molecular weight is 269 g/mol. The molecule has 1 aliphatic rings. The molecular weight excluding hydrogens is 246 g/mol. The molecule has 0 saturated heterocycles. The van der Waals surface area contributed by atoms with Crippen LogP contribution in [0.4, 0.5) is 0 Å². The first-order valence-electron chi connectivity index (χ1n) is 7.71. The van der Waals surface area contributed by atoms with Crippen LogP contribution in [-0.4, -0.2) is 22.4 Å². The predicted molar refractivity (Wildman–Crippen MR) is 82.2 cm³/mol. The summed E-state index contributed by atoms with van der Waals surface area (Å²) in [7, 11) is 0. The van der Waals surface area contributed by atoms with E-state index in [9.17, 15) is 0 Å². The first-order chi connectivity index (χ1) is 9.88. The third kappa shape index (κ3) is 2.78. The third-order valence-electron chi connectivity index (χ3n) is 4.21. The predicted octanol–water partition coefficient (Wildman–Crippen LogP) is 3.51. The van der Waals surface area contributed by atoms with Crippen molar-refractivity contribution >= 4 is 0 Å². The van der Waals surface area contributed by atoms with Crippen LogP contribution < -0.4 is 5.32 Å². The Hall–Kier alpha value is -1.61. The van der Waals surface area contributed by atoms with Gasteiger partial charge in [0.25, 0.3) is 0 Å². The van der Waals surface area contributed by atoms with Crippen molar-refractivity contribution < 1.29 is 0 Å². The smallest absolute Gasteiger partial charge is 0.0648 e. The molecule has 3 nitrogen and oxygen atoms in total. The molecule has 20 heavy (non-hydrogen) atoms. The monoisotopic (exact) mass is 269 g/mol. The number of nitrogens with zero attached hydrogens (tertiary/aromatic N) is 2. The Balaban J connectivity index is 1.75. The highest BCUT2D eigenvalue weighted by Gasteiger charge is 2.27. The van der Waals surface area contributed by atoms with Crippen LogP contribution in [-0.2, 0) is 0 Å². The number of hydrogen-bond donors (Lipinski definition) is 1. The van der Waals surface area contributed by atoms with E-state index in [1.54, 1.807) is 0 Å². The molecule has 1 aliphatic carbocycles. The van der Waals surface area contributed by atoms with E-state index >= 15 is 0 Å². The first kappa shape index (κ1) is 13.4. The maximum absolute atomic E-state index is 4.51. The van der Waals surface area contributed by atoms with Gasteiger partial charge in [-0.25, -0.2) is 4.68 Å². The second-order valence-electron chi connectivity index (χ2n) is 5.66. The molecule has 2 atom stereocenters. The third-order valence-corrected chi connectivity index (χ3v) is 4.21. The molecule has 0 spiro atoms. The quantitative estimate of drug-likeness (QED) is 0.900. The van der Waals surface area contributed by atoms with Gasteiger partial charge < -0.3 is 5.32 Å². The maximum Gasteiger partial charge on any atom is 0.0648 e. The topological polar surface area (TPSA) is 29.9 Å². The Bertz CT molecular complexity index is 532. The SMILES string of the molecule is CCCNC1CCC(c2ccnn2-c2ccccc2)C1. The summed E-state index contributed by atoms with van der Waals surface area (Å²) in [5.74, 6) is 0.632. The lowest BCUT2D eigenvalue weighted by Gasteiger charge is -2.14. The molecule has 1 N–H and O–H groups in total. The summed E-state index contributed by atoms with van der Waals surface area (Å²) in [5.41, 5.74) is 2.52. The van der Waals surface area contributed by atoms with Crippen LogP contribution in [0.15, 0.2) is 42.6 Å². The number of aromatic nitrogens is 2. The van der Waals surface area contributed by atoms with E-state index in [-0.39, 0.29) is 0 Å². The van der Waals surface area contributed by atoms with E-state index in [1.165, 1.54) is 31.4 Å². The highest BCUT2D eigenvalue weighted by Crippen LogP contribution is 2.35. The standard InChI is InChI=1S/C17H23N3/c1-2-11-18-15-9-8-14(13-15)17-10-12-19-20(17)16-6-4-3-5-7-16/h3-7,10,12,14-15,18H,2,8-9,11,13H2,1H3. The lowest BCUT2D eigenvalue weighted by Crippen LogP contribution is -2.27. The van der Waals surface area contributed by atoms with Gasteiger partial charge in [0.15, 0.2) is 0 Å². The summed E-state index contributed by atoms with van der Waals surface area (Å²) in [5, 5.41) is 8.17. The number of benzene rings is 1. The summed E-state index contributed by atoms with van der Waals surface area (Å²) < 4.78 is 2.10. The van der Waals surface area contributed by atoms with Crippen LogP contribution in [0.1, 0.15) is 44.2 Å². The fourth-order valence-electron chi connectivity index (χ4n) is 3.19. The van der Waals surface area contributed by atoms with Crippen molar-refractivity contribution in [2.24, 2.45) is 0 Å². The lowest BCUT2D eigenvalue weighted by atomic mass is 10.0. The molecule has 0 aliphatic heterocycles. The van der Waals surface area contributed by atoms with E-state index in [4.69, 9.17) is 0 Å². The van der Waals surface area contributed by atoms with Crippen LogP contribution >= 0.6 is 0 Å². The molecule has 2 unspecified atom stereocenters. The highest BCUT2D eigenvalue weighted by molar-refractivity contribution is 5.33. The van der Waals surface area contributed by atoms with Gasteiger partial charge in [-0.15, -0.1) is 0 Å². The second-order valence-corrected chi connectivity index (χ2v) is 5.66. The van der Waals surface area contributed by atoms with Crippen molar-refractivity contribution in [1.29, 1.82) is 0 Å². The van der Waals surface area contributed by atoms with Crippen molar-refractivity contribution in [2.45, 2.75) is 44.6 Å². The summed E-state index contributed by atoms with van der Waals surface area (Å²) in [6.07, 6.45) is 6.92. The molecule has 3 rings (SSSR count). The van der Waals surface area contributed by atoms with Crippen molar-refractivity contribution in [3.05, 3.63) is 48.3 Å². The van der Waals surface area contributed by atoms with Crippen molar-refractivity contribution in [2.75, 3.05) is 6.54 Å². The largest absolute Gasteiger partial charge is 0.314 e. The number of hydrogen-bond acceptors (Lipinski definition) is 2. The maximum atomic E-state index is 4.51. The lowest BCUT2D eigenvalue weighted by molar-refractivity contribution is 0.514. The van der Waals surface area contributed by atoms with Gasteiger partial charge in [0.1, 0.15) is 0 Å². The number of rotatable bonds is 5. The van der Waals surface area contributed by atoms with Crippen LogP contribution in [0.5, 0.6) is 0 Å². The molecule has 1 aromatic carbocycles. The summed E-state index contributed by atoms with van der Waals surface area (Å²) in [6, 6.07) is 13.3. The van der Waals surface area contributed by atoms with Gasteiger partial charge >= 0.3 is 0 Å². The normalized spacial score (nSPS) is 22.2. The molecular formula is C17H23N3. The van der Waals surface area contributed by atoms with Gasteiger partial charge in [-0.1, -0.05) is 25.1 Å². The molecule has 0 amide bonds. The second kappa shape index (κ2) is 6.23. The highest BCUT2D eigenvalue weighted by atomic mass is 15.3. The Labute approximate surface area is 121 Å². The van der Waals surface area contributed by atoms with Gasteiger partial charge in [0.05, 0.1) is 5.69 Å². The Morgan fingerprint density at radius 3 is 2.85 bits per heavy atom. The van der Waals surface area contributed by atoms with Crippen LogP contribution in [0, 0.1) is 0 Å². The van der Waals surface area contributed by atoms with Crippen molar-refractivity contribution in [3.63, 3.8) is 0 Å². The molecule has 1 aromatic heterocycles.